The third-order valence-electron chi connectivity index (χ3n) is 1.90. The summed E-state index contributed by atoms with van der Waals surface area (Å²) < 4.78 is 1.04. The minimum Gasteiger partial charge on any atom is -0.333 e. The van der Waals surface area contributed by atoms with Crippen molar-refractivity contribution in [3.63, 3.8) is 0 Å². The van der Waals surface area contributed by atoms with Gasteiger partial charge in [-0.3, -0.25) is 0 Å². The van der Waals surface area contributed by atoms with Crippen molar-refractivity contribution in [1.29, 1.82) is 0 Å². The van der Waals surface area contributed by atoms with E-state index < -0.39 is 0 Å². The van der Waals surface area contributed by atoms with Gasteiger partial charge >= 0.3 is 6.03 Å². The van der Waals surface area contributed by atoms with Gasteiger partial charge in [0.25, 0.3) is 0 Å². The molecule has 0 unspecified atom stereocenters. The second-order valence-corrected chi connectivity index (χ2v) is 5.65. The molecule has 0 aliphatic carbocycles. The molecule has 4 heteroatoms. The highest BCUT2D eigenvalue weighted by Crippen LogP contribution is 2.19. The van der Waals surface area contributed by atoms with Crippen molar-refractivity contribution >= 4 is 27.6 Å². The van der Waals surface area contributed by atoms with E-state index in [0.717, 1.165) is 15.7 Å². The van der Waals surface area contributed by atoms with Gasteiger partial charge in [-0.2, -0.15) is 0 Å². The van der Waals surface area contributed by atoms with Gasteiger partial charge in [0.1, 0.15) is 0 Å². The maximum absolute atomic E-state index is 11.6. The number of hydrogen-bond donors (Lipinski definition) is 2. The van der Waals surface area contributed by atoms with Gasteiger partial charge in [0.15, 0.2) is 0 Å². The summed E-state index contributed by atoms with van der Waals surface area (Å²) in [6.07, 6.45) is 0. The summed E-state index contributed by atoms with van der Waals surface area (Å²) in [4.78, 5) is 11.6. The van der Waals surface area contributed by atoms with E-state index in [1.807, 2.05) is 45.9 Å². The quantitative estimate of drug-likeness (QED) is 0.812. The fraction of sp³-hybridized carbons (Fsp3) is 0.417. The molecule has 0 radical (unpaired) electrons. The van der Waals surface area contributed by atoms with Gasteiger partial charge in [0, 0.05) is 15.7 Å². The molecule has 0 heterocycles. The molecular formula is C12H17BrN2O. The molecule has 1 rings (SSSR count). The molecule has 88 valence electrons. The van der Waals surface area contributed by atoms with Crippen LogP contribution in [0.5, 0.6) is 0 Å². The van der Waals surface area contributed by atoms with Crippen LogP contribution in [0.4, 0.5) is 10.5 Å². The predicted molar refractivity (Wildman–Crippen MR) is 70.8 cm³/mol. The monoisotopic (exact) mass is 284 g/mol. The highest BCUT2D eigenvalue weighted by atomic mass is 79.9. The number of carbonyl (C=O) groups excluding carboxylic acids is 1. The van der Waals surface area contributed by atoms with E-state index >= 15 is 0 Å². The van der Waals surface area contributed by atoms with Gasteiger partial charge in [0.05, 0.1) is 0 Å². The van der Waals surface area contributed by atoms with Crippen molar-refractivity contribution in [3.8, 4) is 0 Å². The predicted octanol–water partition coefficient (Wildman–Crippen LogP) is 3.68. The van der Waals surface area contributed by atoms with Crippen LogP contribution in [-0.4, -0.2) is 11.6 Å². The summed E-state index contributed by atoms with van der Waals surface area (Å²) >= 11 is 3.42. The molecule has 2 amide bonds. The molecular weight excluding hydrogens is 268 g/mol. The van der Waals surface area contributed by atoms with Crippen LogP contribution in [0, 0.1) is 6.92 Å². The van der Waals surface area contributed by atoms with E-state index in [1.54, 1.807) is 0 Å². The van der Waals surface area contributed by atoms with Crippen LogP contribution in [0.2, 0.25) is 0 Å². The lowest BCUT2D eigenvalue weighted by molar-refractivity contribution is 0.244. The van der Waals surface area contributed by atoms with Gasteiger partial charge in [-0.1, -0.05) is 15.9 Å². The fourth-order valence-electron chi connectivity index (χ4n) is 1.23. The first-order chi connectivity index (χ1) is 7.28. The van der Waals surface area contributed by atoms with Gasteiger partial charge in [-0.15, -0.1) is 0 Å². The SMILES string of the molecule is Cc1cc(NC(=O)NC(C)(C)C)ccc1Br. The van der Waals surface area contributed by atoms with E-state index in [2.05, 4.69) is 26.6 Å². The molecule has 0 saturated carbocycles. The lowest BCUT2D eigenvalue weighted by Crippen LogP contribution is -2.43. The summed E-state index contributed by atoms with van der Waals surface area (Å²) in [5.41, 5.74) is 1.66. The van der Waals surface area contributed by atoms with Crippen LogP contribution in [-0.2, 0) is 0 Å². The number of carbonyl (C=O) groups is 1. The standard InChI is InChI=1S/C12H17BrN2O/c1-8-7-9(5-6-10(8)13)14-11(16)15-12(2,3)4/h5-7H,1-4H3,(H2,14,15,16). The average molecular weight is 285 g/mol. The lowest BCUT2D eigenvalue weighted by Gasteiger charge is -2.20. The molecule has 0 bridgehead atoms. The van der Waals surface area contributed by atoms with E-state index in [-0.39, 0.29) is 11.6 Å². The second kappa shape index (κ2) is 4.87. The number of amides is 2. The Balaban J connectivity index is 2.67. The Kier molecular flexibility index (Phi) is 3.97. The molecule has 0 fully saturated rings. The average Bonchev–Trinajstić information content (AvgIpc) is 2.08. The molecule has 0 atom stereocenters. The molecule has 0 saturated heterocycles. The third kappa shape index (κ3) is 4.23. The Hall–Kier alpha value is -1.03. The van der Waals surface area contributed by atoms with E-state index in [0.29, 0.717) is 0 Å². The van der Waals surface area contributed by atoms with Crippen LogP contribution in [0.3, 0.4) is 0 Å². The summed E-state index contributed by atoms with van der Waals surface area (Å²) in [5, 5.41) is 5.64. The number of aryl methyl sites for hydroxylation is 1. The second-order valence-electron chi connectivity index (χ2n) is 4.79. The van der Waals surface area contributed by atoms with Crippen LogP contribution in [0.15, 0.2) is 22.7 Å². The molecule has 0 aliphatic heterocycles. The number of hydrogen-bond acceptors (Lipinski definition) is 1. The van der Waals surface area contributed by atoms with E-state index in [9.17, 15) is 4.79 Å². The van der Waals surface area contributed by atoms with Crippen molar-refractivity contribution in [2.24, 2.45) is 0 Å². The van der Waals surface area contributed by atoms with Crippen molar-refractivity contribution < 1.29 is 4.79 Å². The number of urea groups is 1. The van der Waals surface area contributed by atoms with Gasteiger partial charge < -0.3 is 10.6 Å². The summed E-state index contributed by atoms with van der Waals surface area (Å²) in [5.74, 6) is 0. The summed E-state index contributed by atoms with van der Waals surface area (Å²) in [7, 11) is 0. The van der Waals surface area contributed by atoms with E-state index in [4.69, 9.17) is 0 Å². The normalized spacial score (nSPS) is 11.1. The van der Waals surface area contributed by atoms with Crippen LogP contribution in [0.1, 0.15) is 26.3 Å². The lowest BCUT2D eigenvalue weighted by atomic mass is 10.1. The van der Waals surface area contributed by atoms with Gasteiger partial charge in [0.2, 0.25) is 0 Å². The Bertz CT molecular complexity index is 396. The number of halogens is 1. The molecule has 0 aliphatic rings. The Morgan fingerprint density at radius 3 is 2.44 bits per heavy atom. The van der Waals surface area contributed by atoms with Crippen molar-refractivity contribution in [2.75, 3.05) is 5.32 Å². The van der Waals surface area contributed by atoms with Crippen LogP contribution in [0.25, 0.3) is 0 Å². The Morgan fingerprint density at radius 2 is 1.94 bits per heavy atom. The zero-order valence-electron chi connectivity index (χ0n) is 10.0. The first-order valence-corrected chi connectivity index (χ1v) is 5.92. The highest BCUT2D eigenvalue weighted by molar-refractivity contribution is 9.10. The first-order valence-electron chi connectivity index (χ1n) is 5.13. The number of anilines is 1. The fourth-order valence-corrected chi connectivity index (χ4v) is 1.47. The largest absolute Gasteiger partial charge is 0.333 e. The van der Waals surface area contributed by atoms with Crippen LogP contribution >= 0.6 is 15.9 Å². The molecule has 1 aromatic carbocycles. The zero-order chi connectivity index (χ0) is 12.3. The maximum atomic E-state index is 11.6. The number of rotatable bonds is 1. The number of benzene rings is 1. The summed E-state index contributed by atoms with van der Waals surface area (Å²) in [6.45, 7) is 7.81. The minimum atomic E-state index is -0.228. The van der Waals surface area contributed by atoms with Gasteiger partial charge in [-0.25, -0.2) is 4.79 Å². The molecule has 0 spiro atoms. The zero-order valence-corrected chi connectivity index (χ0v) is 11.6. The van der Waals surface area contributed by atoms with Crippen molar-refractivity contribution in [3.05, 3.63) is 28.2 Å². The van der Waals surface area contributed by atoms with Gasteiger partial charge in [-0.05, 0) is 51.5 Å². The van der Waals surface area contributed by atoms with Crippen molar-refractivity contribution in [1.82, 2.24) is 5.32 Å². The topological polar surface area (TPSA) is 41.1 Å². The molecule has 16 heavy (non-hydrogen) atoms. The minimum absolute atomic E-state index is 0.186. The highest BCUT2D eigenvalue weighted by Gasteiger charge is 2.13. The maximum Gasteiger partial charge on any atom is 0.319 e. The Labute approximate surface area is 105 Å². The molecule has 2 N–H and O–H groups in total. The summed E-state index contributed by atoms with van der Waals surface area (Å²) in [6, 6.07) is 5.52. The molecule has 0 aromatic heterocycles. The van der Waals surface area contributed by atoms with Crippen molar-refractivity contribution in [2.45, 2.75) is 33.2 Å². The van der Waals surface area contributed by atoms with Crippen LogP contribution < -0.4 is 10.6 Å². The molecule has 1 aromatic rings. The molecule has 3 nitrogen and oxygen atoms in total. The first kappa shape index (κ1) is 13.0. The third-order valence-corrected chi connectivity index (χ3v) is 2.79. The van der Waals surface area contributed by atoms with E-state index in [1.165, 1.54) is 0 Å². The Morgan fingerprint density at radius 1 is 1.31 bits per heavy atom. The smallest absolute Gasteiger partial charge is 0.319 e. The number of nitrogens with one attached hydrogen (secondary N) is 2.